The van der Waals surface area contributed by atoms with Crippen LogP contribution in [0.2, 0.25) is 0 Å². The lowest BCUT2D eigenvalue weighted by molar-refractivity contribution is 0.0620. The highest BCUT2D eigenvalue weighted by Crippen LogP contribution is 2.21. The van der Waals surface area contributed by atoms with Gasteiger partial charge in [-0.05, 0) is 38.6 Å². The maximum atomic E-state index is 5.61. The van der Waals surface area contributed by atoms with E-state index in [0.29, 0.717) is 17.6 Å². The van der Waals surface area contributed by atoms with Gasteiger partial charge in [-0.25, -0.2) is 0 Å². The molecule has 0 aliphatic rings. The summed E-state index contributed by atoms with van der Waals surface area (Å²) < 4.78 is 5.61. The van der Waals surface area contributed by atoms with Crippen molar-refractivity contribution in [1.29, 1.82) is 0 Å². The summed E-state index contributed by atoms with van der Waals surface area (Å²) in [6.45, 7) is 15.2. The first-order chi connectivity index (χ1) is 6.88. The second kappa shape index (κ2) is 7.24. The van der Waals surface area contributed by atoms with Gasteiger partial charge in [0.05, 0.1) is 6.10 Å². The quantitative estimate of drug-likeness (QED) is 0.704. The number of rotatable bonds is 7. The summed E-state index contributed by atoms with van der Waals surface area (Å²) in [5.74, 6) is 0. The van der Waals surface area contributed by atoms with E-state index in [0.717, 1.165) is 19.6 Å². The molecular weight excluding hydrogens is 186 g/mol. The van der Waals surface area contributed by atoms with Gasteiger partial charge in [0.1, 0.15) is 0 Å². The molecule has 92 valence electrons. The molecule has 0 spiro atoms. The molecule has 0 saturated heterocycles. The van der Waals surface area contributed by atoms with Crippen LogP contribution in [0.15, 0.2) is 0 Å². The Morgan fingerprint density at radius 1 is 1.20 bits per heavy atom. The minimum absolute atomic E-state index is 0.315. The fourth-order valence-electron chi connectivity index (χ4n) is 1.58. The molecule has 0 aliphatic heterocycles. The van der Waals surface area contributed by atoms with Gasteiger partial charge in [0.2, 0.25) is 0 Å². The Morgan fingerprint density at radius 2 is 1.80 bits per heavy atom. The molecule has 0 saturated carbocycles. The van der Waals surface area contributed by atoms with E-state index >= 15 is 0 Å². The monoisotopic (exact) mass is 215 g/mol. The lowest BCUT2D eigenvalue weighted by Crippen LogP contribution is -2.41. The normalized spacial score (nSPS) is 14.6. The molecule has 1 N–H and O–H groups in total. The predicted octanol–water partition coefficient (Wildman–Crippen LogP) is 3.22. The number of hydrogen-bond donors (Lipinski definition) is 1. The third kappa shape index (κ3) is 7.80. The Kier molecular flexibility index (Phi) is 7.20. The molecule has 0 aliphatic carbocycles. The molecule has 0 aromatic carbocycles. The summed E-state index contributed by atoms with van der Waals surface area (Å²) >= 11 is 0. The van der Waals surface area contributed by atoms with E-state index in [4.69, 9.17) is 4.74 Å². The predicted molar refractivity (Wildman–Crippen MR) is 67.2 cm³/mol. The van der Waals surface area contributed by atoms with Gasteiger partial charge in [-0.3, -0.25) is 0 Å². The van der Waals surface area contributed by atoms with E-state index in [1.165, 1.54) is 6.42 Å². The molecule has 1 atom stereocenters. The second-order valence-corrected chi connectivity index (χ2v) is 5.58. The number of ether oxygens (including phenoxy) is 1. The number of hydrogen-bond acceptors (Lipinski definition) is 2. The van der Waals surface area contributed by atoms with Crippen LogP contribution in [0.5, 0.6) is 0 Å². The molecule has 2 nitrogen and oxygen atoms in total. The summed E-state index contributed by atoms with van der Waals surface area (Å²) in [6, 6.07) is 0.552. The highest BCUT2D eigenvalue weighted by Gasteiger charge is 2.23. The molecular formula is C13H29NO. The molecule has 0 fully saturated rings. The van der Waals surface area contributed by atoms with Crippen molar-refractivity contribution in [1.82, 2.24) is 5.32 Å². The maximum absolute atomic E-state index is 5.61. The molecule has 2 heteroatoms. The van der Waals surface area contributed by atoms with Gasteiger partial charge in [0, 0.05) is 12.6 Å². The summed E-state index contributed by atoms with van der Waals surface area (Å²) in [6.07, 6.45) is 2.64. The van der Waals surface area contributed by atoms with Crippen LogP contribution in [0.4, 0.5) is 0 Å². The fourth-order valence-corrected chi connectivity index (χ4v) is 1.58. The van der Waals surface area contributed by atoms with Gasteiger partial charge in [0.15, 0.2) is 0 Å². The van der Waals surface area contributed by atoms with Crippen LogP contribution < -0.4 is 5.32 Å². The maximum Gasteiger partial charge on any atom is 0.0518 e. The van der Waals surface area contributed by atoms with Gasteiger partial charge in [-0.15, -0.1) is 0 Å². The van der Waals surface area contributed by atoms with Gasteiger partial charge >= 0.3 is 0 Å². The molecule has 15 heavy (non-hydrogen) atoms. The van der Waals surface area contributed by atoms with Crippen LogP contribution in [0.1, 0.15) is 54.4 Å². The van der Waals surface area contributed by atoms with Crippen molar-refractivity contribution in [3.63, 3.8) is 0 Å². The van der Waals surface area contributed by atoms with E-state index in [9.17, 15) is 0 Å². The van der Waals surface area contributed by atoms with Crippen LogP contribution in [0.25, 0.3) is 0 Å². The SMILES string of the molecule is CCCNC(CCOC(C)C)C(C)(C)C. The topological polar surface area (TPSA) is 21.3 Å². The first-order valence-corrected chi connectivity index (χ1v) is 6.23. The molecule has 0 radical (unpaired) electrons. The second-order valence-electron chi connectivity index (χ2n) is 5.58. The lowest BCUT2D eigenvalue weighted by atomic mass is 9.85. The molecule has 0 heterocycles. The Balaban J connectivity index is 3.91. The van der Waals surface area contributed by atoms with Crippen LogP contribution in [-0.4, -0.2) is 25.3 Å². The van der Waals surface area contributed by atoms with Crippen molar-refractivity contribution in [3.8, 4) is 0 Å². The van der Waals surface area contributed by atoms with E-state index in [1.54, 1.807) is 0 Å². The van der Waals surface area contributed by atoms with E-state index in [2.05, 4.69) is 46.9 Å². The van der Waals surface area contributed by atoms with Crippen molar-refractivity contribution >= 4 is 0 Å². The van der Waals surface area contributed by atoms with Crippen molar-refractivity contribution < 1.29 is 4.74 Å². The van der Waals surface area contributed by atoms with Crippen LogP contribution in [0.3, 0.4) is 0 Å². The van der Waals surface area contributed by atoms with E-state index in [1.807, 2.05) is 0 Å². The molecule has 0 aromatic heterocycles. The van der Waals surface area contributed by atoms with Gasteiger partial charge in [-0.2, -0.15) is 0 Å². The van der Waals surface area contributed by atoms with Crippen molar-refractivity contribution in [3.05, 3.63) is 0 Å². The average molecular weight is 215 g/mol. The Bertz CT molecular complexity index is 149. The average Bonchev–Trinajstić information content (AvgIpc) is 2.08. The van der Waals surface area contributed by atoms with Gasteiger partial charge in [0.25, 0.3) is 0 Å². The summed E-state index contributed by atoms with van der Waals surface area (Å²) in [7, 11) is 0. The molecule has 0 rings (SSSR count). The van der Waals surface area contributed by atoms with Crippen molar-refractivity contribution in [2.45, 2.75) is 66.5 Å². The Labute approximate surface area is 95.8 Å². The largest absolute Gasteiger partial charge is 0.379 e. The van der Waals surface area contributed by atoms with Crippen molar-refractivity contribution in [2.75, 3.05) is 13.2 Å². The van der Waals surface area contributed by atoms with Crippen LogP contribution >= 0.6 is 0 Å². The minimum atomic E-state index is 0.315. The summed E-state index contributed by atoms with van der Waals surface area (Å²) in [5, 5.41) is 3.60. The zero-order chi connectivity index (χ0) is 11.9. The molecule has 0 bridgehead atoms. The Hall–Kier alpha value is -0.0800. The highest BCUT2D eigenvalue weighted by atomic mass is 16.5. The lowest BCUT2D eigenvalue weighted by Gasteiger charge is -2.32. The van der Waals surface area contributed by atoms with Crippen LogP contribution in [-0.2, 0) is 4.74 Å². The zero-order valence-electron chi connectivity index (χ0n) is 11.4. The minimum Gasteiger partial charge on any atom is -0.379 e. The first kappa shape index (κ1) is 14.9. The van der Waals surface area contributed by atoms with Gasteiger partial charge < -0.3 is 10.1 Å². The molecule has 0 amide bonds. The molecule has 0 aromatic rings. The number of nitrogens with one attached hydrogen (secondary N) is 1. The van der Waals surface area contributed by atoms with E-state index in [-0.39, 0.29) is 0 Å². The third-order valence-electron chi connectivity index (χ3n) is 2.54. The first-order valence-electron chi connectivity index (χ1n) is 6.23. The van der Waals surface area contributed by atoms with Gasteiger partial charge in [-0.1, -0.05) is 27.7 Å². The van der Waals surface area contributed by atoms with Crippen LogP contribution in [0, 0.1) is 5.41 Å². The summed E-state index contributed by atoms with van der Waals surface area (Å²) in [4.78, 5) is 0. The fraction of sp³-hybridized carbons (Fsp3) is 1.00. The molecule has 1 unspecified atom stereocenters. The highest BCUT2D eigenvalue weighted by molar-refractivity contribution is 4.80. The Morgan fingerprint density at radius 3 is 2.20 bits per heavy atom. The summed E-state index contributed by atoms with van der Waals surface area (Å²) in [5.41, 5.74) is 0.315. The zero-order valence-corrected chi connectivity index (χ0v) is 11.4. The smallest absolute Gasteiger partial charge is 0.0518 e. The third-order valence-corrected chi connectivity index (χ3v) is 2.54. The van der Waals surface area contributed by atoms with Crippen molar-refractivity contribution in [2.24, 2.45) is 5.41 Å². The van der Waals surface area contributed by atoms with E-state index < -0.39 is 0 Å². The standard InChI is InChI=1S/C13H29NO/c1-7-9-14-12(13(4,5)6)8-10-15-11(2)3/h11-12,14H,7-10H2,1-6H3.